The molecule has 3 nitrogen and oxygen atoms in total. The van der Waals surface area contributed by atoms with Gasteiger partial charge in [0.05, 0.1) is 5.56 Å². The number of carbonyl (C=O) groups excluding carboxylic acids is 2. The lowest BCUT2D eigenvalue weighted by Crippen LogP contribution is -2.06. The van der Waals surface area contributed by atoms with Crippen molar-refractivity contribution in [2.45, 2.75) is 6.92 Å². The molecule has 0 amide bonds. The largest absolute Gasteiger partial charge is 0.426 e. The highest BCUT2D eigenvalue weighted by Crippen LogP contribution is 2.24. The van der Waals surface area contributed by atoms with Gasteiger partial charge in [0, 0.05) is 17.0 Å². The van der Waals surface area contributed by atoms with Crippen LogP contribution >= 0.6 is 15.9 Å². The summed E-state index contributed by atoms with van der Waals surface area (Å²) in [5.74, 6) is 4.65. The minimum atomic E-state index is -0.488. The minimum Gasteiger partial charge on any atom is -0.426 e. The van der Waals surface area contributed by atoms with E-state index in [-0.39, 0.29) is 11.3 Å². The van der Waals surface area contributed by atoms with Crippen LogP contribution in [-0.4, -0.2) is 11.8 Å². The van der Waals surface area contributed by atoms with Crippen LogP contribution in [-0.2, 0) is 4.79 Å². The first-order chi connectivity index (χ1) is 10.1. The maximum absolute atomic E-state index is 12.2. The first-order valence-electron chi connectivity index (χ1n) is 6.15. The number of halogens is 1. The van der Waals surface area contributed by atoms with Gasteiger partial charge in [-0.3, -0.25) is 9.59 Å². The first-order valence-corrected chi connectivity index (χ1v) is 6.95. The van der Waals surface area contributed by atoms with Gasteiger partial charge in [0.2, 0.25) is 5.78 Å². The third-order valence-corrected chi connectivity index (χ3v) is 3.03. The van der Waals surface area contributed by atoms with Gasteiger partial charge in [-0.2, -0.15) is 0 Å². The number of ether oxygens (including phenoxy) is 1. The second-order valence-corrected chi connectivity index (χ2v) is 5.09. The summed E-state index contributed by atoms with van der Waals surface area (Å²) in [5, 5.41) is 0. The van der Waals surface area contributed by atoms with Gasteiger partial charge in [-0.25, -0.2) is 0 Å². The Bertz CT molecular complexity index is 740. The van der Waals surface area contributed by atoms with Crippen molar-refractivity contribution >= 4 is 27.7 Å². The number of benzene rings is 2. The molecule has 0 atom stereocenters. The lowest BCUT2D eigenvalue weighted by Gasteiger charge is -2.06. The average Bonchev–Trinajstić information content (AvgIpc) is 2.45. The Labute approximate surface area is 131 Å². The second kappa shape index (κ2) is 6.87. The van der Waals surface area contributed by atoms with Crippen molar-refractivity contribution in [3.8, 4) is 17.6 Å². The Morgan fingerprint density at radius 2 is 1.81 bits per heavy atom. The Balaban J connectivity index is 2.31. The standard InChI is InChI=1S/C17H11BrO3/c1-12(19)21-17-11-14(18)8-9-15(17)16(20)10-7-13-5-3-2-4-6-13/h2-6,8-9,11H,1H3. The molecule has 0 heterocycles. The third-order valence-electron chi connectivity index (χ3n) is 2.54. The molecule has 2 rings (SSSR count). The molecular weight excluding hydrogens is 332 g/mol. The van der Waals surface area contributed by atoms with Gasteiger partial charge in [-0.05, 0) is 36.3 Å². The van der Waals surface area contributed by atoms with E-state index in [9.17, 15) is 9.59 Å². The molecular formula is C17H11BrO3. The van der Waals surface area contributed by atoms with Crippen molar-refractivity contribution < 1.29 is 14.3 Å². The number of Topliss-reactive ketones (excluding diaryl/α,β-unsaturated/α-hetero) is 1. The summed E-state index contributed by atoms with van der Waals surface area (Å²) in [6.07, 6.45) is 0. The number of rotatable bonds is 2. The Hall–Kier alpha value is -2.38. The van der Waals surface area contributed by atoms with Gasteiger partial charge in [-0.1, -0.05) is 40.0 Å². The molecule has 0 aliphatic heterocycles. The average molecular weight is 343 g/mol. The van der Waals surface area contributed by atoms with Crippen LogP contribution in [0, 0.1) is 11.8 Å². The zero-order valence-electron chi connectivity index (χ0n) is 11.2. The predicted molar refractivity (Wildman–Crippen MR) is 83.1 cm³/mol. The molecule has 0 unspecified atom stereocenters. The summed E-state index contributed by atoms with van der Waals surface area (Å²) < 4.78 is 5.76. The fourth-order valence-electron chi connectivity index (χ4n) is 1.64. The molecule has 0 aliphatic carbocycles. The van der Waals surface area contributed by atoms with Crippen LogP contribution in [0.25, 0.3) is 0 Å². The van der Waals surface area contributed by atoms with E-state index in [2.05, 4.69) is 27.8 Å². The Morgan fingerprint density at radius 1 is 1.10 bits per heavy atom. The maximum atomic E-state index is 12.2. The fraction of sp³-hybridized carbons (Fsp3) is 0.0588. The van der Waals surface area contributed by atoms with Crippen LogP contribution in [0.4, 0.5) is 0 Å². The molecule has 0 spiro atoms. The van der Waals surface area contributed by atoms with Gasteiger partial charge in [0.25, 0.3) is 0 Å². The van der Waals surface area contributed by atoms with Crippen molar-refractivity contribution in [1.82, 2.24) is 0 Å². The van der Waals surface area contributed by atoms with Crippen molar-refractivity contribution in [2.75, 3.05) is 0 Å². The second-order valence-electron chi connectivity index (χ2n) is 4.18. The minimum absolute atomic E-state index is 0.198. The molecule has 4 heteroatoms. The monoisotopic (exact) mass is 342 g/mol. The Morgan fingerprint density at radius 3 is 2.48 bits per heavy atom. The maximum Gasteiger partial charge on any atom is 0.308 e. The van der Waals surface area contributed by atoms with Crippen molar-refractivity contribution in [1.29, 1.82) is 0 Å². The van der Waals surface area contributed by atoms with E-state index in [4.69, 9.17) is 4.74 Å². The number of hydrogen-bond donors (Lipinski definition) is 0. The quantitative estimate of drug-likeness (QED) is 0.362. The van der Waals surface area contributed by atoms with Gasteiger partial charge in [-0.15, -0.1) is 0 Å². The molecule has 0 radical (unpaired) electrons. The lowest BCUT2D eigenvalue weighted by atomic mass is 10.1. The van der Waals surface area contributed by atoms with E-state index in [1.54, 1.807) is 18.2 Å². The number of hydrogen-bond acceptors (Lipinski definition) is 3. The zero-order chi connectivity index (χ0) is 15.2. The number of esters is 1. The van der Waals surface area contributed by atoms with E-state index in [0.29, 0.717) is 4.47 Å². The van der Waals surface area contributed by atoms with E-state index >= 15 is 0 Å². The summed E-state index contributed by atoms with van der Waals surface area (Å²) >= 11 is 3.27. The molecule has 0 aliphatic rings. The molecule has 0 fully saturated rings. The van der Waals surface area contributed by atoms with Crippen LogP contribution in [0.5, 0.6) is 5.75 Å². The van der Waals surface area contributed by atoms with Crippen molar-refractivity contribution in [2.24, 2.45) is 0 Å². The van der Waals surface area contributed by atoms with E-state index in [1.165, 1.54) is 6.92 Å². The Kier molecular flexibility index (Phi) is 4.91. The molecule has 0 saturated heterocycles. The number of ketones is 1. The molecule has 21 heavy (non-hydrogen) atoms. The van der Waals surface area contributed by atoms with Crippen LogP contribution < -0.4 is 4.74 Å². The van der Waals surface area contributed by atoms with Gasteiger partial charge < -0.3 is 4.74 Å². The normalized spacial score (nSPS) is 9.43. The van der Waals surface area contributed by atoms with Crippen LogP contribution in [0.15, 0.2) is 53.0 Å². The zero-order valence-corrected chi connectivity index (χ0v) is 12.8. The summed E-state index contributed by atoms with van der Waals surface area (Å²) in [5.41, 5.74) is 1.01. The van der Waals surface area contributed by atoms with Crippen molar-refractivity contribution in [3.63, 3.8) is 0 Å². The summed E-state index contributed by atoms with van der Waals surface area (Å²) in [4.78, 5) is 23.2. The topological polar surface area (TPSA) is 43.4 Å². The van der Waals surface area contributed by atoms with Crippen molar-refractivity contribution in [3.05, 3.63) is 64.1 Å². The highest BCUT2D eigenvalue weighted by Gasteiger charge is 2.12. The smallest absolute Gasteiger partial charge is 0.308 e. The molecule has 0 aromatic heterocycles. The molecule has 2 aromatic rings. The van der Waals surface area contributed by atoms with Crippen LogP contribution in [0.3, 0.4) is 0 Å². The van der Waals surface area contributed by atoms with Crippen LogP contribution in [0.1, 0.15) is 22.8 Å². The fourth-order valence-corrected chi connectivity index (χ4v) is 1.98. The number of carbonyl (C=O) groups is 2. The first kappa shape index (κ1) is 15.0. The molecule has 0 saturated carbocycles. The lowest BCUT2D eigenvalue weighted by molar-refractivity contribution is -0.131. The molecule has 2 aromatic carbocycles. The van der Waals surface area contributed by atoms with E-state index < -0.39 is 11.8 Å². The highest BCUT2D eigenvalue weighted by atomic mass is 79.9. The third kappa shape index (κ3) is 4.30. The summed E-state index contributed by atoms with van der Waals surface area (Å²) in [6, 6.07) is 14.0. The molecule has 104 valence electrons. The molecule has 0 N–H and O–H groups in total. The van der Waals surface area contributed by atoms with Crippen LogP contribution in [0.2, 0.25) is 0 Å². The predicted octanol–water partition coefficient (Wildman–Crippen LogP) is 3.61. The summed E-state index contributed by atoms with van der Waals surface area (Å²) in [6.45, 7) is 1.28. The van der Waals surface area contributed by atoms with Gasteiger partial charge in [0.15, 0.2) is 0 Å². The summed E-state index contributed by atoms with van der Waals surface area (Å²) in [7, 11) is 0. The van der Waals surface area contributed by atoms with E-state index in [1.807, 2.05) is 30.3 Å². The molecule has 0 bridgehead atoms. The van der Waals surface area contributed by atoms with E-state index in [0.717, 1.165) is 5.56 Å². The van der Waals surface area contributed by atoms with Gasteiger partial charge >= 0.3 is 5.97 Å². The highest BCUT2D eigenvalue weighted by molar-refractivity contribution is 9.10. The van der Waals surface area contributed by atoms with Gasteiger partial charge in [0.1, 0.15) is 5.75 Å². The SMILES string of the molecule is CC(=O)Oc1cc(Br)ccc1C(=O)C#Cc1ccccc1.